The monoisotopic (exact) mass is 637 g/mol. The molecule has 2 amide bonds. The van der Waals surface area contributed by atoms with Crippen LogP contribution < -0.4 is 4.74 Å². The molecule has 5 nitrogen and oxygen atoms in total. The molecule has 240 valence electrons. The summed E-state index contributed by atoms with van der Waals surface area (Å²) in [6, 6.07) is 21.3. The Morgan fingerprint density at radius 3 is 2.20 bits per heavy atom. The number of benzene rings is 4. The number of cyclic esters (lactones) is 1. The van der Waals surface area contributed by atoms with Gasteiger partial charge in [-0.3, -0.25) is 4.79 Å². The largest absolute Gasteiger partial charge is 0.489 e. The van der Waals surface area contributed by atoms with Gasteiger partial charge in [0.15, 0.2) is 0 Å². The lowest BCUT2D eigenvalue weighted by Crippen LogP contribution is -2.43. The molecule has 0 saturated carbocycles. The molecule has 46 heavy (non-hydrogen) atoms. The van der Waals surface area contributed by atoms with Crippen LogP contribution in [0.4, 0.5) is 26.7 Å². The number of alkyl halides is 3. The zero-order valence-corrected chi connectivity index (χ0v) is 25.2. The third-order valence-electron chi connectivity index (χ3n) is 7.72. The van der Waals surface area contributed by atoms with Crippen molar-refractivity contribution in [2.45, 2.75) is 51.4 Å². The Labute approximate surface area is 263 Å². The number of amides is 2. The van der Waals surface area contributed by atoms with E-state index < -0.39 is 47.3 Å². The fourth-order valence-corrected chi connectivity index (χ4v) is 5.57. The van der Waals surface area contributed by atoms with Crippen LogP contribution in [-0.4, -0.2) is 29.5 Å². The molecular weight excluding hydrogens is 605 g/mol. The standard InChI is InChI=1S/C36H32F5NO4/c1-22(2)12-33(34(43)42-31(21-46-35(42)44)15-23-6-4-3-5-7-23)27-16-26(25-8-10-28(11-9-25)36(39,40)41)17-32(18-27)45-20-24-13-29(37)19-30(38)14-24/h3-11,13-14,16-19,22,31,33H,12,15,20-21H2,1-2H3/t31-,33-/m1/s1. The quantitative estimate of drug-likeness (QED) is 0.163. The highest BCUT2D eigenvalue weighted by Crippen LogP contribution is 2.37. The van der Waals surface area contributed by atoms with Crippen molar-refractivity contribution < 1.29 is 41.0 Å². The predicted octanol–water partition coefficient (Wildman–Crippen LogP) is 8.95. The average molecular weight is 638 g/mol. The van der Waals surface area contributed by atoms with Gasteiger partial charge in [-0.2, -0.15) is 13.2 Å². The molecule has 5 rings (SSSR count). The Bertz CT molecular complexity index is 1670. The van der Waals surface area contributed by atoms with Crippen LogP contribution in [0.2, 0.25) is 0 Å². The second-order valence-corrected chi connectivity index (χ2v) is 11.7. The van der Waals surface area contributed by atoms with Crippen molar-refractivity contribution in [3.63, 3.8) is 0 Å². The minimum absolute atomic E-state index is 0.00881. The number of halogens is 5. The number of hydrogen-bond donors (Lipinski definition) is 0. The van der Waals surface area contributed by atoms with E-state index in [1.807, 2.05) is 44.2 Å². The van der Waals surface area contributed by atoms with E-state index in [4.69, 9.17) is 9.47 Å². The third kappa shape index (κ3) is 7.91. The number of carbonyl (C=O) groups excluding carboxylic acids is 2. The summed E-state index contributed by atoms with van der Waals surface area (Å²) in [5.74, 6) is -2.63. The highest BCUT2D eigenvalue weighted by atomic mass is 19.4. The highest BCUT2D eigenvalue weighted by Gasteiger charge is 2.41. The van der Waals surface area contributed by atoms with E-state index in [1.54, 1.807) is 18.2 Å². The van der Waals surface area contributed by atoms with Crippen molar-refractivity contribution in [2.24, 2.45) is 5.92 Å². The molecule has 0 spiro atoms. The summed E-state index contributed by atoms with van der Waals surface area (Å²) >= 11 is 0. The van der Waals surface area contributed by atoms with Gasteiger partial charge in [0.2, 0.25) is 5.91 Å². The van der Waals surface area contributed by atoms with Gasteiger partial charge in [0.05, 0.1) is 17.5 Å². The second-order valence-electron chi connectivity index (χ2n) is 11.7. The first-order valence-electron chi connectivity index (χ1n) is 14.8. The Kier molecular flexibility index (Phi) is 9.74. The van der Waals surface area contributed by atoms with Crippen LogP contribution in [0.5, 0.6) is 5.75 Å². The molecule has 0 unspecified atom stereocenters. The van der Waals surface area contributed by atoms with E-state index >= 15 is 0 Å². The van der Waals surface area contributed by atoms with Crippen LogP contribution in [0.3, 0.4) is 0 Å². The second kappa shape index (κ2) is 13.7. The van der Waals surface area contributed by atoms with Crippen LogP contribution in [0, 0.1) is 17.6 Å². The van der Waals surface area contributed by atoms with Gasteiger partial charge in [0.25, 0.3) is 0 Å². The van der Waals surface area contributed by atoms with E-state index in [2.05, 4.69) is 0 Å². The summed E-state index contributed by atoms with van der Waals surface area (Å²) in [5, 5.41) is 0. The summed E-state index contributed by atoms with van der Waals surface area (Å²) in [5.41, 5.74) is 1.68. The first-order valence-corrected chi connectivity index (χ1v) is 14.8. The maximum Gasteiger partial charge on any atom is 0.417 e. The van der Waals surface area contributed by atoms with E-state index in [0.717, 1.165) is 40.8 Å². The molecule has 1 heterocycles. The van der Waals surface area contributed by atoms with E-state index in [1.165, 1.54) is 12.1 Å². The predicted molar refractivity (Wildman–Crippen MR) is 162 cm³/mol. The lowest BCUT2D eigenvalue weighted by atomic mass is 9.86. The number of carbonyl (C=O) groups is 2. The van der Waals surface area contributed by atoms with Crippen LogP contribution in [0.25, 0.3) is 11.1 Å². The Balaban J connectivity index is 1.53. The van der Waals surface area contributed by atoms with Gasteiger partial charge in [-0.15, -0.1) is 0 Å². The molecule has 10 heteroatoms. The van der Waals surface area contributed by atoms with Crippen molar-refractivity contribution in [3.8, 4) is 16.9 Å². The average Bonchev–Trinajstić information content (AvgIpc) is 3.37. The molecule has 0 radical (unpaired) electrons. The number of hydrogen-bond acceptors (Lipinski definition) is 4. The number of rotatable bonds is 10. The van der Waals surface area contributed by atoms with Gasteiger partial charge in [0.1, 0.15) is 30.6 Å². The number of ether oxygens (including phenoxy) is 2. The third-order valence-corrected chi connectivity index (χ3v) is 7.72. The van der Waals surface area contributed by atoms with Crippen molar-refractivity contribution >= 4 is 12.0 Å². The number of imide groups is 1. The molecule has 4 aromatic carbocycles. The molecule has 1 aliphatic rings. The van der Waals surface area contributed by atoms with Gasteiger partial charge in [-0.1, -0.05) is 62.4 Å². The molecular formula is C36H32F5NO4. The first-order chi connectivity index (χ1) is 21.9. The van der Waals surface area contributed by atoms with Gasteiger partial charge >= 0.3 is 12.3 Å². The fourth-order valence-electron chi connectivity index (χ4n) is 5.57. The Morgan fingerprint density at radius 2 is 1.57 bits per heavy atom. The highest BCUT2D eigenvalue weighted by molar-refractivity contribution is 5.97. The molecule has 0 aromatic heterocycles. The molecule has 0 N–H and O–H groups in total. The lowest BCUT2D eigenvalue weighted by molar-refractivity contribution is -0.137. The van der Waals surface area contributed by atoms with Gasteiger partial charge < -0.3 is 9.47 Å². The van der Waals surface area contributed by atoms with Crippen LogP contribution in [-0.2, 0) is 28.7 Å². The maximum absolute atomic E-state index is 14.2. The summed E-state index contributed by atoms with van der Waals surface area (Å²) in [4.78, 5) is 28.3. The maximum atomic E-state index is 14.2. The van der Waals surface area contributed by atoms with E-state index in [9.17, 15) is 31.5 Å². The molecule has 0 aliphatic carbocycles. The molecule has 0 bridgehead atoms. The lowest BCUT2D eigenvalue weighted by Gasteiger charge is -2.27. The Hall–Kier alpha value is -4.73. The zero-order chi connectivity index (χ0) is 33.0. The van der Waals surface area contributed by atoms with Crippen LogP contribution in [0.1, 0.15) is 48.4 Å². The van der Waals surface area contributed by atoms with Crippen molar-refractivity contribution in [3.05, 3.63) is 125 Å². The minimum Gasteiger partial charge on any atom is -0.489 e. The fraction of sp³-hybridized carbons (Fsp3) is 0.278. The summed E-state index contributed by atoms with van der Waals surface area (Å²) < 4.78 is 78.7. The minimum atomic E-state index is -4.52. The molecule has 1 saturated heterocycles. The molecule has 1 fully saturated rings. The number of nitrogens with zero attached hydrogens (tertiary/aromatic N) is 1. The normalized spacial score (nSPS) is 15.6. The smallest absolute Gasteiger partial charge is 0.417 e. The Morgan fingerprint density at radius 1 is 0.891 bits per heavy atom. The molecule has 1 aliphatic heterocycles. The zero-order valence-electron chi connectivity index (χ0n) is 25.2. The van der Waals surface area contributed by atoms with Crippen molar-refractivity contribution in [2.75, 3.05) is 6.61 Å². The topological polar surface area (TPSA) is 55.8 Å². The van der Waals surface area contributed by atoms with Crippen LogP contribution in [0.15, 0.2) is 91.0 Å². The van der Waals surface area contributed by atoms with E-state index in [0.29, 0.717) is 29.5 Å². The molecule has 2 atom stereocenters. The van der Waals surface area contributed by atoms with Crippen molar-refractivity contribution in [1.82, 2.24) is 4.90 Å². The summed E-state index contributed by atoms with van der Waals surface area (Å²) in [7, 11) is 0. The SMILES string of the molecule is CC(C)C[C@@H](C(=O)N1C(=O)OC[C@H]1Cc1ccccc1)c1cc(OCc2cc(F)cc(F)c2)cc(-c2ccc(C(F)(F)F)cc2)c1. The first kappa shape index (κ1) is 32.7. The van der Waals surface area contributed by atoms with Gasteiger partial charge in [0, 0.05) is 6.07 Å². The molecule has 4 aromatic rings. The van der Waals surface area contributed by atoms with Crippen molar-refractivity contribution in [1.29, 1.82) is 0 Å². The summed E-state index contributed by atoms with van der Waals surface area (Å²) in [6.07, 6.45) is -4.53. The van der Waals surface area contributed by atoms with Gasteiger partial charge in [-0.05, 0) is 83.0 Å². The van der Waals surface area contributed by atoms with E-state index in [-0.39, 0.29) is 30.4 Å². The van der Waals surface area contributed by atoms with Gasteiger partial charge in [-0.25, -0.2) is 18.5 Å². The van der Waals surface area contributed by atoms with Crippen LogP contribution >= 0.6 is 0 Å². The summed E-state index contributed by atoms with van der Waals surface area (Å²) in [6.45, 7) is 3.68.